The standard InChI is InChI=1S/C10H11BrF3NO2S/c1-2-15(9-5-3-4-8(11)6-9)18(16,17)7-10(12,13)14/h3-6H,2,7H2,1H3. The molecular formula is C10H11BrF3NO2S. The summed E-state index contributed by atoms with van der Waals surface area (Å²) in [5, 5.41) is 0. The third-order valence-electron chi connectivity index (χ3n) is 2.07. The maximum absolute atomic E-state index is 12.2. The summed E-state index contributed by atoms with van der Waals surface area (Å²) in [7, 11) is -4.41. The van der Waals surface area contributed by atoms with E-state index in [0.29, 0.717) is 4.47 Å². The molecule has 0 aromatic heterocycles. The molecule has 0 fully saturated rings. The third-order valence-corrected chi connectivity index (χ3v) is 4.39. The second kappa shape index (κ2) is 5.48. The van der Waals surface area contributed by atoms with Crippen LogP contribution in [0.4, 0.5) is 18.9 Å². The molecule has 0 saturated carbocycles. The van der Waals surface area contributed by atoms with Crippen molar-refractivity contribution >= 4 is 31.6 Å². The van der Waals surface area contributed by atoms with Gasteiger partial charge in [-0.05, 0) is 25.1 Å². The Bertz CT molecular complexity index is 516. The smallest absolute Gasteiger partial charge is 0.270 e. The summed E-state index contributed by atoms with van der Waals surface area (Å²) in [5.74, 6) is -1.86. The van der Waals surface area contributed by atoms with Crippen LogP contribution in [0.15, 0.2) is 28.7 Å². The second-order valence-corrected chi connectivity index (χ2v) is 6.32. The zero-order valence-corrected chi connectivity index (χ0v) is 11.8. The van der Waals surface area contributed by atoms with Crippen LogP contribution in [0.3, 0.4) is 0 Å². The van der Waals surface area contributed by atoms with Gasteiger partial charge in [0.2, 0.25) is 10.0 Å². The van der Waals surface area contributed by atoms with Crippen LogP contribution in [0.5, 0.6) is 0 Å². The monoisotopic (exact) mass is 345 g/mol. The van der Waals surface area contributed by atoms with E-state index in [1.54, 1.807) is 12.1 Å². The van der Waals surface area contributed by atoms with Crippen molar-refractivity contribution in [1.29, 1.82) is 0 Å². The van der Waals surface area contributed by atoms with Gasteiger partial charge in [-0.25, -0.2) is 8.42 Å². The molecule has 3 nitrogen and oxygen atoms in total. The molecule has 0 amide bonds. The fourth-order valence-electron chi connectivity index (χ4n) is 1.46. The average Bonchev–Trinajstić information content (AvgIpc) is 2.13. The van der Waals surface area contributed by atoms with Crippen LogP contribution >= 0.6 is 15.9 Å². The predicted molar refractivity (Wildman–Crippen MR) is 67.0 cm³/mol. The quantitative estimate of drug-likeness (QED) is 0.840. The van der Waals surface area contributed by atoms with E-state index in [0.717, 1.165) is 4.31 Å². The van der Waals surface area contributed by atoms with Crippen LogP contribution in [-0.4, -0.2) is 26.9 Å². The fourth-order valence-corrected chi connectivity index (χ4v) is 3.24. The Morgan fingerprint density at radius 3 is 2.39 bits per heavy atom. The molecule has 102 valence electrons. The highest BCUT2D eigenvalue weighted by Crippen LogP contribution is 2.26. The van der Waals surface area contributed by atoms with Crippen LogP contribution in [0.25, 0.3) is 0 Å². The Morgan fingerprint density at radius 2 is 1.94 bits per heavy atom. The van der Waals surface area contributed by atoms with E-state index in [1.165, 1.54) is 19.1 Å². The van der Waals surface area contributed by atoms with Crippen LogP contribution < -0.4 is 4.31 Å². The van der Waals surface area contributed by atoms with Gasteiger partial charge in [0.05, 0.1) is 5.69 Å². The summed E-state index contributed by atoms with van der Waals surface area (Å²) in [4.78, 5) is 0. The molecule has 0 spiro atoms. The van der Waals surface area contributed by atoms with Gasteiger partial charge in [0.25, 0.3) is 0 Å². The molecule has 18 heavy (non-hydrogen) atoms. The summed E-state index contributed by atoms with van der Waals surface area (Å²) in [6.45, 7) is 1.42. The highest BCUT2D eigenvalue weighted by Gasteiger charge is 2.38. The molecule has 0 radical (unpaired) electrons. The van der Waals surface area contributed by atoms with Crippen molar-refractivity contribution in [2.24, 2.45) is 0 Å². The molecule has 0 aliphatic heterocycles. The van der Waals surface area contributed by atoms with Gasteiger partial charge in [-0.3, -0.25) is 4.31 Å². The number of hydrogen-bond donors (Lipinski definition) is 0. The van der Waals surface area contributed by atoms with Crippen LogP contribution in [0.2, 0.25) is 0 Å². The van der Waals surface area contributed by atoms with E-state index in [-0.39, 0.29) is 12.2 Å². The SMILES string of the molecule is CCN(c1cccc(Br)c1)S(=O)(=O)CC(F)(F)F. The van der Waals surface area contributed by atoms with E-state index >= 15 is 0 Å². The number of sulfonamides is 1. The molecule has 8 heteroatoms. The summed E-state index contributed by atoms with van der Waals surface area (Å²) in [6, 6.07) is 6.12. The highest BCUT2D eigenvalue weighted by molar-refractivity contribution is 9.10. The summed E-state index contributed by atoms with van der Waals surface area (Å²) >= 11 is 3.14. The van der Waals surface area contributed by atoms with Crippen LogP contribution in [0.1, 0.15) is 6.92 Å². The van der Waals surface area contributed by atoms with E-state index < -0.39 is 22.0 Å². The minimum absolute atomic E-state index is 0.0606. The van der Waals surface area contributed by atoms with Gasteiger partial charge in [-0.2, -0.15) is 13.2 Å². The molecule has 0 heterocycles. The van der Waals surface area contributed by atoms with E-state index in [9.17, 15) is 21.6 Å². The fraction of sp³-hybridized carbons (Fsp3) is 0.400. The third kappa shape index (κ3) is 4.16. The number of alkyl halides is 3. The van der Waals surface area contributed by atoms with Gasteiger partial charge in [0.15, 0.2) is 5.75 Å². The van der Waals surface area contributed by atoms with Crippen LogP contribution in [0, 0.1) is 0 Å². The number of nitrogens with zero attached hydrogens (tertiary/aromatic N) is 1. The lowest BCUT2D eigenvalue weighted by atomic mass is 10.3. The number of halogens is 4. The highest BCUT2D eigenvalue weighted by atomic mass is 79.9. The van der Waals surface area contributed by atoms with Gasteiger partial charge < -0.3 is 0 Å². The lowest BCUT2D eigenvalue weighted by molar-refractivity contribution is -0.106. The molecule has 1 rings (SSSR count). The average molecular weight is 346 g/mol. The van der Waals surface area contributed by atoms with Gasteiger partial charge in [0.1, 0.15) is 0 Å². The summed E-state index contributed by atoms with van der Waals surface area (Å²) in [5.41, 5.74) is 0.205. The van der Waals surface area contributed by atoms with Crippen LogP contribution in [-0.2, 0) is 10.0 Å². The second-order valence-electron chi connectivity index (χ2n) is 3.52. The number of benzene rings is 1. The van der Waals surface area contributed by atoms with Crippen molar-refractivity contribution in [1.82, 2.24) is 0 Å². The van der Waals surface area contributed by atoms with Gasteiger partial charge in [-0.15, -0.1) is 0 Å². The zero-order chi connectivity index (χ0) is 14.0. The van der Waals surface area contributed by atoms with Gasteiger partial charge in [0, 0.05) is 11.0 Å². The minimum atomic E-state index is -4.75. The molecule has 0 saturated heterocycles. The molecule has 0 N–H and O–H groups in total. The molecule has 0 unspecified atom stereocenters. The van der Waals surface area contributed by atoms with Gasteiger partial charge in [-0.1, -0.05) is 22.0 Å². The lowest BCUT2D eigenvalue weighted by Gasteiger charge is -2.23. The Morgan fingerprint density at radius 1 is 1.33 bits per heavy atom. The molecule has 0 bridgehead atoms. The summed E-state index contributed by atoms with van der Waals surface area (Å²) in [6.07, 6.45) is -4.75. The topological polar surface area (TPSA) is 37.4 Å². The van der Waals surface area contributed by atoms with E-state index in [4.69, 9.17) is 0 Å². The molecule has 1 aromatic rings. The molecule has 0 aliphatic carbocycles. The van der Waals surface area contributed by atoms with Gasteiger partial charge >= 0.3 is 6.18 Å². The molecule has 0 aliphatic rings. The van der Waals surface area contributed by atoms with E-state index in [2.05, 4.69) is 15.9 Å². The maximum Gasteiger partial charge on any atom is 0.404 e. The Labute approximate surface area is 112 Å². The number of rotatable bonds is 4. The van der Waals surface area contributed by atoms with E-state index in [1.807, 2.05) is 0 Å². The first-order chi connectivity index (χ1) is 8.15. The first-order valence-corrected chi connectivity index (χ1v) is 7.38. The van der Waals surface area contributed by atoms with Crippen molar-refractivity contribution < 1.29 is 21.6 Å². The first kappa shape index (κ1) is 15.3. The Balaban J connectivity index is 3.11. The maximum atomic E-state index is 12.2. The van der Waals surface area contributed by atoms with Crippen molar-refractivity contribution in [2.75, 3.05) is 16.6 Å². The number of hydrogen-bond acceptors (Lipinski definition) is 2. The lowest BCUT2D eigenvalue weighted by Crippen LogP contribution is -2.37. The summed E-state index contributed by atoms with van der Waals surface area (Å²) < 4.78 is 61.4. The Hall–Kier alpha value is -0.760. The normalized spacial score (nSPS) is 12.5. The predicted octanol–water partition coefficient (Wildman–Crippen LogP) is 3.17. The van der Waals surface area contributed by atoms with Crippen molar-refractivity contribution in [3.8, 4) is 0 Å². The molecule has 1 aromatic carbocycles. The van der Waals surface area contributed by atoms with Crippen molar-refractivity contribution in [3.63, 3.8) is 0 Å². The first-order valence-electron chi connectivity index (χ1n) is 4.98. The Kier molecular flexibility index (Phi) is 4.66. The molecular weight excluding hydrogens is 335 g/mol. The zero-order valence-electron chi connectivity index (χ0n) is 9.41. The van der Waals surface area contributed by atoms with Crippen molar-refractivity contribution in [3.05, 3.63) is 28.7 Å². The van der Waals surface area contributed by atoms with Crippen molar-refractivity contribution in [2.45, 2.75) is 13.1 Å². The largest absolute Gasteiger partial charge is 0.404 e. The minimum Gasteiger partial charge on any atom is -0.270 e. The number of anilines is 1. The molecule has 0 atom stereocenters.